The monoisotopic (exact) mass is 424 g/mol. The second kappa shape index (κ2) is 9.60. The summed E-state index contributed by atoms with van der Waals surface area (Å²) >= 11 is 1.47. The second-order valence-electron chi connectivity index (χ2n) is 6.92. The van der Waals surface area contributed by atoms with Crippen LogP contribution in [0.4, 0.5) is 0 Å². The van der Waals surface area contributed by atoms with Crippen LogP contribution in [0.5, 0.6) is 0 Å². The van der Waals surface area contributed by atoms with Gasteiger partial charge in [0.15, 0.2) is 5.54 Å². The number of hydrogen-bond donors (Lipinski definition) is 1. The molecule has 0 spiro atoms. The summed E-state index contributed by atoms with van der Waals surface area (Å²) in [6, 6.07) is 14.6. The van der Waals surface area contributed by atoms with Crippen LogP contribution in [0, 0.1) is 0 Å². The molecule has 0 aliphatic rings. The molecule has 8 heteroatoms. The lowest BCUT2D eigenvalue weighted by atomic mass is 9.95. The van der Waals surface area contributed by atoms with E-state index in [0.29, 0.717) is 5.69 Å². The zero-order valence-corrected chi connectivity index (χ0v) is 17.9. The normalized spacial score (nSPS) is 14.0. The number of benzene rings is 1. The van der Waals surface area contributed by atoms with E-state index in [0.717, 1.165) is 10.6 Å². The van der Waals surface area contributed by atoms with Gasteiger partial charge >= 0.3 is 5.97 Å². The van der Waals surface area contributed by atoms with Crippen molar-refractivity contribution in [1.82, 2.24) is 20.2 Å². The molecule has 0 unspecified atom stereocenters. The van der Waals surface area contributed by atoms with Crippen molar-refractivity contribution in [2.24, 2.45) is 0 Å². The van der Waals surface area contributed by atoms with Crippen molar-refractivity contribution < 1.29 is 14.3 Å². The number of methoxy groups -OCH3 is 1. The fourth-order valence-electron chi connectivity index (χ4n) is 3.20. The maximum absolute atomic E-state index is 13.0. The molecule has 1 amide bonds. The Morgan fingerprint density at radius 3 is 2.47 bits per heavy atom. The highest BCUT2D eigenvalue weighted by Gasteiger charge is 2.42. The van der Waals surface area contributed by atoms with Crippen LogP contribution in [0.1, 0.15) is 29.2 Å². The van der Waals surface area contributed by atoms with Gasteiger partial charge in [0, 0.05) is 17.8 Å². The van der Waals surface area contributed by atoms with Crippen LogP contribution in [0.3, 0.4) is 0 Å². The number of carbonyl (C=O) groups is 2. The number of likely N-dealkylation sites (N-methyl/N-ethyl adjacent to an activating group) is 1. The number of carbonyl (C=O) groups excluding carboxylic acids is 2. The Balaban J connectivity index is 1.81. The van der Waals surface area contributed by atoms with Gasteiger partial charge in [-0.15, -0.1) is 11.3 Å². The number of aromatic nitrogens is 2. The van der Waals surface area contributed by atoms with Gasteiger partial charge in [-0.05, 0) is 31.7 Å². The predicted octanol–water partition coefficient (Wildman–Crippen LogP) is 2.76. The van der Waals surface area contributed by atoms with Crippen molar-refractivity contribution in [3.63, 3.8) is 0 Å². The van der Waals surface area contributed by atoms with Crippen molar-refractivity contribution in [2.75, 3.05) is 20.7 Å². The first kappa shape index (κ1) is 21.6. The summed E-state index contributed by atoms with van der Waals surface area (Å²) in [5.41, 5.74) is 0.229. The Hall–Kier alpha value is -3.10. The summed E-state index contributed by atoms with van der Waals surface area (Å²) in [5.74, 6) is -0.733. The first-order valence-corrected chi connectivity index (χ1v) is 10.3. The van der Waals surface area contributed by atoms with E-state index in [1.165, 1.54) is 18.4 Å². The van der Waals surface area contributed by atoms with E-state index in [1.54, 1.807) is 49.5 Å². The van der Waals surface area contributed by atoms with Gasteiger partial charge in [0.25, 0.3) is 0 Å². The Kier molecular flexibility index (Phi) is 6.91. The molecule has 1 aromatic carbocycles. The average molecular weight is 425 g/mol. The number of rotatable bonds is 8. The van der Waals surface area contributed by atoms with Crippen molar-refractivity contribution in [3.05, 3.63) is 82.6 Å². The number of amides is 1. The van der Waals surface area contributed by atoms with Gasteiger partial charge in [-0.3, -0.25) is 14.7 Å². The van der Waals surface area contributed by atoms with E-state index >= 15 is 0 Å². The molecule has 0 aliphatic heterocycles. The molecule has 0 fully saturated rings. The molecule has 30 heavy (non-hydrogen) atoms. The minimum atomic E-state index is -1.21. The smallest absolute Gasteiger partial charge is 0.332 e. The van der Waals surface area contributed by atoms with Crippen molar-refractivity contribution in [1.29, 1.82) is 0 Å². The van der Waals surface area contributed by atoms with Crippen LogP contribution < -0.4 is 5.32 Å². The Labute approximate surface area is 179 Å². The molecule has 156 valence electrons. The van der Waals surface area contributed by atoms with Gasteiger partial charge in [-0.25, -0.2) is 9.78 Å². The van der Waals surface area contributed by atoms with Gasteiger partial charge in [-0.1, -0.05) is 36.4 Å². The molecule has 0 bridgehead atoms. The lowest BCUT2D eigenvalue weighted by Crippen LogP contribution is -2.52. The number of esters is 1. The van der Waals surface area contributed by atoms with Crippen LogP contribution in [0.15, 0.2) is 66.3 Å². The fourth-order valence-corrected chi connectivity index (χ4v) is 3.91. The van der Waals surface area contributed by atoms with Crippen molar-refractivity contribution in [2.45, 2.75) is 18.5 Å². The third-order valence-electron chi connectivity index (χ3n) is 5.03. The molecule has 0 saturated carbocycles. The van der Waals surface area contributed by atoms with Crippen molar-refractivity contribution >= 4 is 23.2 Å². The zero-order valence-electron chi connectivity index (χ0n) is 17.1. The zero-order chi connectivity index (χ0) is 21.6. The molecule has 3 rings (SSSR count). The van der Waals surface area contributed by atoms with E-state index in [9.17, 15) is 9.59 Å². The average Bonchev–Trinajstić information content (AvgIpc) is 3.32. The van der Waals surface area contributed by atoms with Crippen LogP contribution in [0.2, 0.25) is 0 Å². The number of hydrogen-bond acceptors (Lipinski definition) is 7. The maximum atomic E-state index is 13.0. The molecule has 2 heterocycles. The fraction of sp³-hybridized carbons (Fsp3) is 0.273. The van der Waals surface area contributed by atoms with Gasteiger partial charge in [-0.2, -0.15) is 0 Å². The maximum Gasteiger partial charge on any atom is 0.332 e. The Bertz CT molecular complexity index is 967. The summed E-state index contributed by atoms with van der Waals surface area (Å²) in [6.45, 7) is 1.67. The van der Waals surface area contributed by atoms with Crippen LogP contribution in [-0.4, -0.2) is 47.4 Å². The SMILES string of the molecule is COC(=O)[C@@](C)(c1ccccn1)N(C)CC(=O)N[C@@H](c1ccccc1)c1nccs1. The van der Waals surface area contributed by atoms with Gasteiger partial charge < -0.3 is 10.1 Å². The highest BCUT2D eigenvalue weighted by Crippen LogP contribution is 2.28. The summed E-state index contributed by atoms with van der Waals surface area (Å²) in [6.07, 6.45) is 3.32. The number of nitrogens with one attached hydrogen (secondary N) is 1. The topological polar surface area (TPSA) is 84.4 Å². The minimum absolute atomic E-state index is 0.0309. The summed E-state index contributed by atoms with van der Waals surface area (Å²) < 4.78 is 5.02. The molecule has 2 atom stereocenters. The van der Waals surface area contributed by atoms with Crippen LogP contribution in [0.25, 0.3) is 0 Å². The molecule has 0 saturated heterocycles. The second-order valence-corrected chi connectivity index (χ2v) is 7.84. The third kappa shape index (κ3) is 4.55. The van der Waals surface area contributed by atoms with Crippen LogP contribution >= 0.6 is 11.3 Å². The molecule has 1 N–H and O–H groups in total. The quantitative estimate of drug-likeness (QED) is 0.560. The number of nitrogens with zero attached hydrogens (tertiary/aromatic N) is 3. The van der Waals surface area contributed by atoms with Gasteiger partial charge in [0.2, 0.25) is 5.91 Å². The molecule has 7 nitrogen and oxygen atoms in total. The summed E-state index contributed by atoms with van der Waals surface area (Å²) in [4.78, 5) is 35.9. The largest absolute Gasteiger partial charge is 0.467 e. The van der Waals surface area contributed by atoms with Crippen molar-refractivity contribution in [3.8, 4) is 0 Å². The Morgan fingerprint density at radius 2 is 1.87 bits per heavy atom. The molecule has 0 aliphatic carbocycles. The summed E-state index contributed by atoms with van der Waals surface area (Å²) in [5, 5.41) is 5.71. The highest BCUT2D eigenvalue weighted by atomic mass is 32.1. The lowest BCUT2D eigenvalue weighted by molar-refractivity contribution is -0.155. The molecule has 3 aromatic rings. The van der Waals surface area contributed by atoms with Crippen LogP contribution in [-0.2, 0) is 19.9 Å². The van der Waals surface area contributed by atoms with E-state index < -0.39 is 11.5 Å². The number of pyridine rings is 1. The number of ether oxygens (including phenoxy) is 1. The highest BCUT2D eigenvalue weighted by molar-refractivity contribution is 7.09. The predicted molar refractivity (Wildman–Crippen MR) is 115 cm³/mol. The molecular formula is C22H24N4O3S. The van der Waals surface area contributed by atoms with E-state index in [2.05, 4.69) is 15.3 Å². The third-order valence-corrected chi connectivity index (χ3v) is 5.87. The number of thiazole rings is 1. The van der Waals surface area contributed by atoms with Gasteiger partial charge in [0.05, 0.1) is 19.3 Å². The Morgan fingerprint density at radius 1 is 1.13 bits per heavy atom. The minimum Gasteiger partial charge on any atom is -0.467 e. The molecular weight excluding hydrogens is 400 g/mol. The standard InChI is InChI=1S/C22H24N4O3S/c1-22(21(28)29-3,17-11-7-8-12-23-17)26(2)15-18(27)25-19(20-24-13-14-30-20)16-9-5-4-6-10-16/h4-14,19H,15H2,1-3H3,(H,25,27)/t19-,22+/m0/s1. The van der Waals surface area contributed by atoms with E-state index in [1.807, 2.05) is 35.7 Å². The first-order chi connectivity index (χ1) is 14.5. The summed E-state index contributed by atoms with van der Waals surface area (Å²) in [7, 11) is 3.03. The molecule has 2 aromatic heterocycles. The lowest BCUT2D eigenvalue weighted by Gasteiger charge is -2.35. The van der Waals surface area contributed by atoms with E-state index in [-0.39, 0.29) is 18.5 Å². The molecule has 0 radical (unpaired) electrons. The van der Waals surface area contributed by atoms with E-state index in [4.69, 9.17) is 4.74 Å². The van der Waals surface area contributed by atoms with Gasteiger partial charge in [0.1, 0.15) is 11.0 Å². The first-order valence-electron chi connectivity index (χ1n) is 9.41.